The van der Waals surface area contributed by atoms with Gasteiger partial charge in [0.1, 0.15) is 0 Å². The number of carbonyl (C=O) groups is 1. The first-order valence-corrected chi connectivity index (χ1v) is 5.39. The Kier molecular flexibility index (Phi) is 2.37. The van der Waals surface area contributed by atoms with E-state index >= 15 is 0 Å². The SMILES string of the molecule is COc1cc(-c2cc3c(C=O)cccn3c2)on1. The van der Waals surface area contributed by atoms with Crippen LogP contribution in [0.15, 0.2) is 41.2 Å². The maximum atomic E-state index is 10.9. The third-order valence-electron chi connectivity index (χ3n) is 2.78. The van der Waals surface area contributed by atoms with Crippen LogP contribution >= 0.6 is 0 Å². The van der Waals surface area contributed by atoms with Crippen molar-refractivity contribution in [3.63, 3.8) is 0 Å². The van der Waals surface area contributed by atoms with E-state index in [1.807, 2.05) is 28.9 Å². The molecule has 0 saturated carbocycles. The fourth-order valence-electron chi connectivity index (χ4n) is 1.88. The van der Waals surface area contributed by atoms with Crippen molar-refractivity contribution in [3.8, 4) is 17.2 Å². The molecule has 0 spiro atoms. The van der Waals surface area contributed by atoms with Gasteiger partial charge in [-0.25, -0.2) is 0 Å². The normalized spacial score (nSPS) is 10.7. The number of nitrogens with zero attached hydrogens (tertiary/aromatic N) is 2. The molecule has 3 heterocycles. The molecule has 5 nitrogen and oxygen atoms in total. The molecule has 0 fully saturated rings. The average molecular weight is 242 g/mol. The maximum absolute atomic E-state index is 10.9. The molecule has 5 heteroatoms. The summed E-state index contributed by atoms with van der Waals surface area (Å²) in [5.41, 5.74) is 2.31. The van der Waals surface area contributed by atoms with Crippen LogP contribution in [0.5, 0.6) is 5.88 Å². The highest BCUT2D eigenvalue weighted by molar-refractivity contribution is 5.87. The molecule has 0 aromatic carbocycles. The number of carbonyl (C=O) groups excluding carboxylic acids is 1. The Morgan fingerprint density at radius 1 is 1.44 bits per heavy atom. The van der Waals surface area contributed by atoms with Gasteiger partial charge in [-0.15, -0.1) is 0 Å². The van der Waals surface area contributed by atoms with E-state index in [9.17, 15) is 4.79 Å². The summed E-state index contributed by atoms with van der Waals surface area (Å²) >= 11 is 0. The second kappa shape index (κ2) is 4.03. The summed E-state index contributed by atoms with van der Waals surface area (Å²) in [6, 6.07) is 7.17. The minimum Gasteiger partial charge on any atom is -0.479 e. The Labute approximate surface area is 103 Å². The van der Waals surface area contributed by atoms with Crippen molar-refractivity contribution in [2.75, 3.05) is 7.11 Å². The van der Waals surface area contributed by atoms with Gasteiger partial charge in [0.25, 0.3) is 5.88 Å². The van der Waals surface area contributed by atoms with Crippen LogP contribution in [-0.4, -0.2) is 23.0 Å². The maximum Gasteiger partial charge on any atom is 0.254 e. The number of aldehydes is 1. The standard InChI is InChI=1S/C13H10N2O3/c1-17-13-6-12(18-14-13)10-5-11-9(8-16)3-2-4-15(11)7-10/h2-8H,1H3. The van der Waals surface area contributed by atoms with Crippen molar-refractivity contribution in [3.05, 3.63) is 42.2 Å². The van der Waals surface area contributed by atoms with Gasteiger partial charge in [-0.3, -0.25) is 4.79 Å². The number of pyridine rings is 1. The lowest BCUT2D eigenvalue weighted by atomic mass is 10.2. The van der Waals surface area contributed by atoms with Gasteiger partial charge in [0.2, 0.25) is 0 Å². The lowest BCUT2D eigenvalue weighted by Gasteiger charge is -1.94. The smallest absolute Gasteiger partial charge is 0.254 e. The van der Waals surface area contributed by atoms with Gasteiger partial charge in [-0.05, 0) is 23.4 Å². The number of fused-ring (bicyclic) bond motifs is 1. The largest absolute Gasteiger partial charge is 0.479 e. The molecular weight excluding hydrogens is 232 g/mol. The molecule has 0 amide bonds. The number of ether oxygens (including phenoxy) is 1. The van der Waals surface area contributed by atoms with Crippen LogP contribution in [0, 0.1) is 0 Å². The number of methoxy groups -OCH3 is 1. The van der Waals surface area contributed by atoms with Crippen LogP contribution in [-0.2, 0) is 0 Å². The number of rotatable bonds is 3. The zero-order valence-electron chi connectivity index (χ0n) is 9.66. The van der Waals surface area contributed by atoms with Gasteiger partial charge in [-0.2, -0.15) is 0 Å². The lowest BCUT2D eigenvalue weighted by Crippen LogP contribution is -1.86. The van der Waals surface area contributed by atoms with Gasteiger partial charge in [0.05, 0.1) is 12.6 Å². The van der Waals surface area contributed by atoms with Gasteiger partial charge in [0, 0.05) is 29.6 Å². The van der Waals surface area contributed by atoms with Crippen molar-refractivity contribution in [2.24, 2.45) is 0 Å². The van der Waals surface area contributed by atoms with E-state index in [1.165, 1.54) is 7.11 Å². The fraction of sp³-hybridized carbons (Fsp3) is 0.0769. The van der Waals surface area contributed by atoms with Crippen LogP contribution < -0.4 is 4.74 Å². The monoisotopic (exact) mass is 242 g/mol. The molecule has 0 aliphatic carbocycles. The molecule has 0 aliphatic heterocycles. The molecule has 0 bridgehead atoms. The van der Waals surface area contributed by atoms with Crippen molar-refractivity contribution in [1.29, 1.82) is 0 Å². The Bertz CT molecular complexity index is 712. The summed E-state index contributed by atoms with van der Waals surface area (Å²) in [7, 11) is 1.53. The molecule has 3 aromatic rings. The van der Waals surface area contributed by atoms with E-state index in [4.69, 9.17) is 9.26 Å². The predicted molar refractivity (Wildman–Crippen MR) is 64.8 cm³/mol. The molecule has 3 rings (SSSR count). The Hall–Kier alpha value is -2.56. The number of aromatic nitrogens is 2. The molecule has 0 aliphatic rings. The van der Waals surface area contributed by atoms with E-state index in [0.717, 1.165) is 17.4 Å². The number of hydrogen-bond donors (Lipinski definition) is 0. The van der Waals surface area contributed by atoms with E-state index < -0.39 is 0 Å². The van der Waals surface area contributed by atoms with Gasteiger partial charge in [0.15, 0.2) is 12.0 Å². The Morgan fingerprint density at radius 3 is 3.06 bits per heavy atom. The summed E-state index contributed by atoms with van der Waals surface area (Å²) in [6.45, 7) is 0. The quantitative estimate of drug-likeness (QED) is 0.662. The molecule has 0 saturated heterocycles. The Balaban J connectivity index is 2.15. The van der Waals surface area contributed by atoms with E-state index in [2.05, 4.69) is 5.16 Å². The van der Waals surface area contributed by atoms with Crippen molar-refractivity contribution in [1.82, 2.24) is 9.56 Å². The third-order valence-corrected chi connectivity index (χ3v) is 2.78. The summed E-state index contributed by atoms with van der Waals surface area (Å²) < 4.78 is 12.0. The molecule has 0 unspecified atom stereocenters. The van der Waals surface area contributed by atoms with Crippen LogP contribution in [0.1, 0.15) is 10.4 Å². The molecule has 0 N–H and O–H groups in total. The minimum atomic E-state index is 0.427. The van der Waals surface area contributed by atoms with E-state index in [0.29, 0.717) is 17.2 Å². The zero-order valence-corrected chi connectivity index (χ0v) is 9.66. The average Bonchev–Trinajstić information content (AvgIpc) is 3.03. The van der Waals surface area contributed by atoms with Gasteiger partial charge < -0.3 is 13.7 Å². The van der Waals surface area contributed by atoms with Crippen LogP contribution in [0.25, 0.3) is 16.8 Å². The summed E-state index contributed by atoms with van der Waals surface area (Å²) in [5.74, 6) is 1.03. The van der Waals surface area contributed by atoms with Crippen molar-refractivity contribution >= 4 is 11.8 Å². The first kappa shape index (κ1) is 10.6. The van der Waals surface area contributed by atoms with Crippen molar-refractivity contribution in [2.45, 2.75) is 0 Å². The van der Waals surface area contributed by atoms with Crippen LogP contribution in [0.2, 0.25) is 0 Å². The van der Waals surface area contributed by atoms with Crippen molar-refractivity contribution < 1.29 is 14.1 Å². The van der Waals surface area contributed by atoms with Gasteiger partial charge in [-0.1, -0.05) is 0 Å². The molecule has 18 heavy (non-hydrogen) atoms. The second-order valence-corrected chi connectivity index (χ2v) is 3.84. The molecule has 0 radical (unpaired) electrons. The highest BCUT2D eigenvalue weighted by Crippen LogP contribution is 2.26. The van der Waals surface area contributed by atoms with E-state index in [1.54, 1.807) is 12.1 Å². The highest BCUT2D eigenvalue weighted by Gasteiger charge is 2.10. The minimum absolute atomic E-state index is 0.427. The molecule has 3 aromatic heterocycles. The van der Waals surface area contributed by atoms with Crippen LogP contribution in [0.4, 0.5) is 0 Å². The third kappa shape index (κ3) is 1.57. The predicted octanol–water partition coefficient (Wildman–Crippen LogP) is 2.42. The lowest BCUT2D eigenvalue weighted by molar-refractivity contribution is 0.112. The van der Waals surface area contributed by atoms with Gasteiger partial charge >= 0.3 is 0 Å². The summed E-state index contributed by atoms with van der Waals surface area (Å²) in [5, 5.41) is 3.75. The fourth-order valence-corrected chi connectivity index (χ4v) is 1.88. The first-order chi connectivity index (χ1) is 8.81. The molecule has 90 valence electrons. The summed E-state index contributed by atoms with van der Waals surface area (Å²) in [4.78, 5) is 10.9. The van der Waals surface area contributed by atoms with E-state index in [-0.39, 0.29) is 0 Å². The highest BCUT2D eigenvalue weighted by atomic mass is 16.5. The number of hydrogen-bond acceptors (Lipinski definition) is 4. The molecular formula is C13H10N2O3. The topological polar surface area (TPSA) is 56.7 Å². The zero-order chi connectivity index (χ0) is 12.5. The first-order valence-electron chi connectivity index (χ1n) is 5.39. The van der Waals surface area contributed by atoms with Crippen LogP contribution in [0.3, 0.4) is 0 Å². The second-order valence-electron chi connectivity index (χ2n) is 3.84. The summed E-state index contributed by atoms with van der Waals surface area (Å²) in [6.07, 6.45) is 4.59. The Morgan fingerprint density at radius 2 is 2.33 bits per heavy atom. The molecule has 0 atom stereocenters.